The van der Waals surface area contributed by atoms with Gasteiger partial charge in [-0.05, 0) is 57.8 Å². The molecule has 0 saturated carbocycles. The van der Waals surface area contributed by atoms with Crippen LogP contribution in [-0.4, -0.2) is 47.4 Å². The number of hydrogen-bond acceptors (Lipinski definition) is 5. The number of nitrogens with one attached hydrogen (secondary N) is 1. The predicted octanol–water partition coefficient (Wildman–Crippen LogP) is 20.6. The van der Waals surface area contributed by atoms with Gasteiger partial charge in [0.15, 0.2) is 0 Å². The fourth-order valence-corrected chi connectivity index (χ4v) is 10.2. The van der Waals surface area contributed by atoms with E-state index in [2.05, 4.69) is 31.3 Å². The summed E-state index contributed by atoms with van der Waals surface area (Å²) in [6.07, 6.45) is 76.6. The Morgan fingerprint density at radius 2 is 0.653 bits per heavy atom. The van der Waals surface area contributed by atoms with Crippen molar-refractivity contribution in [1.82, 2.24) is 5.32 Å². The highest BCUT2D eigenvalue weighted by atomic mass is 16.5. The van der Waals surface area contributed by atoms with Crippen LogP contribution in [0.3, 0.4) is 0 Å². The van der Waals surface area contributed by atoms with Crippen LogP contribution in [0.4, 0.5) is 0 Å². The Labute approximate surface area is 450 Å². The van der Waals surface area contributed by atoms with Gasteiger partial charge in [-0.15, -0.1) is 0 Å². The molecule has 0 aromatic rings. The summed E-state index contributed by atoms with van der Waals surface area (Å²) in [4.78, 5) is 24.6. The lowest BCUT2D eigenvalue weighted by atomic mass is 10.0. The molecule has 0 aromatic heterocycles. The van der Waals surface area contributed by atoms with Crippen LogP contribution in [-0.2, 0) is 14.3 Å². The zero-order valence-electron chi connectivity index (χ0n) is 48.7. The Bertz CT molecular complexity index is 1120. The van der Waals surface area contributed by atoms with Gasteiger partial charge in [-0.3, -0.25) is 9.59 Å². The second kappa shape index (κ2) is 61.9. The molecule has 0 saturated heterocycles. The second-order valence-corrected chi connectivity index (χ2v) is 22.5. The van der Waals surface area contributed by atoms with E-state index in [9.17, 15) is 19.8 Å². The molecular formula is C66H127NO5. The number of amides is 1. The van der Waals surface area contributed by atoms with Crippen molar-refractivity contribution < 1.29 is 24.5 Å². The number of aliphatic hydroxyl groups is 2. The van der Waals surface area contributed by atoms with E-state index in [4.69, 9.17) is 4.74 Å². The molecule has 6 nitrogen and oxygen atoms in total. The second-order valence-electron chi connectivity index (χ2n) is 22.5. The molecular weight excluding hydrogens is 887 g/mol. The lowest BCUT2D eigenvalue weighted by Gasteiger charge is -2.19. The Kier molecular flexibility index (Phi) is 60.5. The van der Waals surface area contributed by atoms with Crippen molar-refractivity contribution in [2.75, 3.05) is 13.2 Å². The van der Waals surface area contributed by atoms with Crippen molar-refractivity contribution in [2.45, 2.75) is 373 Å². The average molecular weight is 1010 g/mol. The molecule has 0 aromatic carbocycles. The van der Waals surface area contributed by atoms with Gasteiger partial charge in [0, 0.05) is 12.8 Å². The van der Waals surface area contributed by atoms with Crippen molar-refractivity contribution >= 4 is 11.9 Å². The SMILES string of the molecule is CCCCCCCCCCCCCCCCCCCCCCCCC/C=C/C(O)C(CO)NC(=O)CCCCC/C=C\CCCCCCCCOC(=O)CCCCCCCCCCCCCCCCCCC. The average Bonchev–Trinajstić information content (AvgIpc) is 3.38. The van der Waals surface area contributed by atoms with Crippen LogP contribution < -0.4 is 5.32 Å². The van der Waals surface area contributed by atoms with Gasteiger partial charge in [-0.25, -0.2) is 0 Å². The number of unbranched alkanes of at least 4 members (excludes halogenated alkanes) is 48. The molecule has 0 fully saturated rings. The summed E-state index contributed by atoms with van der Waals surface area (Å²) in [6, 6.07) is -0.649. The molecule has 72 heavy (non-hydrogen) atoms. The summed E-state index contributed by atoms with van der Waals surface area (Å²) in [5.74, 6) is -0.103. The first-order valence-corrected chi connectivity index (χ1v) is 32.6. The third-order valence-electron chi connectivity index (χ3n) is 15.2. The minimum absolute atomic E-state index is 0.00910. The highest BCUT2D eigenvalue weighted by Crippen LogP contribution is 2.18. The van der Waals surface area contributed by atoms with Crippen LogP contribution in [0, 0.1) is 0 Å². The van der Waals surface area contributed by atoms with Crippen LogP contribution in [0.25, 0.3) is 0 Å². The quantitative estimate of drug-likeness (QED) is 0.0320. The van der Waals surface area contributed by atoms with Crippen LogP contribution in [0.5, 0.6) is 0 Å². The molecule has 0 aliphatic heterocycles. The first-order valence-electron chi connectivity index (χ1n) is 32.6. The van der Waals surface area contributed by atoms with Gasteiger partial charge in [0.2, 0.25) is 5.91 Å². The fourth-order valence-electron chi connectivity index (χ4n) is 10.2. The highest BCUT2D eigenvalue weighted by Gasteiger charge is 2.18. The van der Waals surface area contributed by atoms with Crippen molar-refractivity contribution in [3.05, 3.63) is 24.3 Å². The van der Waals surface area contributed by atoms with Gasteiger partial charge in [0.05, 0.1) is 25.4 Å². The van der Waals surface area contributed by atoms with Crippen molar-refractivity contribution in [3.63, 3.8) is 0 Å². The van der Waals surface area contributed by atoms with Crippen LogP contribution in [0.2, 0.25) is 0 Å². The Morgan fingerprint density at radius 3 is 1.00 bits per heavy atom. The third kappa shape index (κ3) is 57.6. The lowest BCUT2D eigenvalue weighted by Crippen LogP contribution is -2.45. The maximum Gasteiger partial charge on any atom is 0.305 e. The predicted molar refractivity (Wildman–Crippen MR) is 315 cm³/mol. The summed E-state index contributed by atoms with van der Waals surface area (Å²) in [6.45, 7) is 4.90. The number of carbonyl (C=O) groups is 2. The number of rotatable bonds is 61. The Balaban J connectivity index is 3.49. The van der Waals surface area contributed by atoms with E-state index >= 15 is 0 Å². The molecule has 0 bridgehead atoms. The molecule has 0 spiro atoms. The van der Waals surface area contributed by atoms with Crippen molar-refractivity contribution in [2.24, 2.45) is 0 Å². The molecule has 2 unspecified atom stereocenters. The molecule has 3 N–H and O–H groups in total. The molecule has 0 rings (SSSR count). The lowest BCUT2D eigenvalue weighted by molar-refractivity contribution is -0.143. The van der Waals surface area contributed by atoms with E-state index < -0.39 is 12.1 Å². The zero-order chi connectivity index (χ0) is 52.2. The summed E-state index contributed by atoms with van der Waals surface area (Å²) >= 11 is 0. The third-order valence-corrected chi connectivity index (χ3v) is 15.2. The van der Waals surface area contributed by atoms with Crippen molar-refractivity contribution in [1.29, 1.82) is 0 Å². The summed E-state index contributed by atoms with van der Waals surface area (Å²) in [7, 11) is 0. The molecule has 6 heteroatoms. The monoisotopic (exact) mass is 1010 g/mol. The molecule has 2 atom stereocenters. The van der Waals surface area contributed by atoms with Gasteiger partial charge in [-0.2, -0.15) is 0 Å². The van der Waals surface area contributed by atoms with Gasteiger partial charge in [-0.1, -0.05) is 314 Å². The van der Waals surface area contributed by atoms with Gasteiger partial charge in [0.25, 0.3) is 0 Å². The van der Waals surface area contributed by atoms with E-state index in [0.29, 0.717) is 19.4 Å². The number of esters is 1. The summed E-state index contributed by atoms with van der Waals surface area (Å²) < 4.78 is 5.48. The topological polar surface area (TPSA) is 95.9 Å². The first-order chi connectivity index (χ1) is 35.5. The maximum absolute atomic E-state index is 12.5. The van der Waals surface area contributed by atoms with Crippen LogP contribution in [0.1, 0.15) is 361 Å². The highest BCUT2D eigenvalue weighted by molar-refractivity contribution is 5.76. The molecule has 0 aliphatic carbocycles. The molecule has 426 valence electrons. The van der Waals surface area contributed by atoms with Crippen molar-refractivity contribution in [3.8, 4) is 0 Å². The molecule has 0 radical (unpaired) electrons. The van der Waals surface area contributed by atoms with E-state index in [1.807, 2.05) is 6.08 Å². The van der Waals surface area contributed by atoms with E-state index in [0.717, 1.165) is 70.6 Å². The number of ether oxygens (including phenoxy) is 1. The van der Waals surface area contributed by atoms with Crippen LogP contribution in [0.15, 0.2) is 24.3 Å². The Hall–Kier alpha value is -1.66. The summed E-state index contributed by atoms with van der Waals surface area (Å²) in [5, 5.41) is 23.2. The van der Waals surface area contributed by atoms with Gasteiger partial charge in [0.1, 0.15) is 0 Å². The normalized spacial score (nSPS) is 12.7. The first kappa shape index (κ1) is 70.3. The minimum atomic E-state index is -0.863. The number of allylic oxidation sites excluding steroid dienone is 3. The number of carbonyl (C=O) groups excluding carboxylic acids is 2. The molecule has 1 amide bonds. The zero-order valence-corrected chi connectivity index (χ0v) is 48.7. The maximum atomic E-state index is 12.5. The van der Waals surface area contributed by atoms with Gasteiger partial charge < -0.3 is 20.3 Å². The summed E-state index contributed by atoms with van der Waals surface area (Å²) in [5.41, 5.74) is 0. The minimum Gasteiger partial charge on any atom is -0.466 e. The van der Waals surface area contributed by atoms with Crippen LogP contribution >= 0.6 is 0 Å². The largest absolute Gasteiger partial charge is 0.466 e. The number of hydrogen-bond donors (Lipinski definition) is 3. The number of aliphatic hydroxyl groups excluding tert-OH is 2. The fraction of sp³-hybridized carbons (Fsp3) is 0.909. The standard InChI is InChI=1S/C66H127NO5/c1-3-5-7-9-11-13-15-17-19-21-22-23-24-25-26-27-28-30-31-34-38-42-46-50-54-58-64(69)63(62-68)67-65(70)59-55-51-47-43-39-35-33-37-41-45-49-53-57-61-72-66(71)60-56-52-48-44-40-36-32-29-20-18-16-14-12-10-8-6-4-2/h35,39,54,58,63-64,68-69H,3-34,36-38,40-53,55-57,59-62H2,1-2H3,(H,67,70)/b39-35-,58-54+. The molecule has 0 heterocycles. The smallest absolute Gasteiger partial charge is 0.305 e. The van der Waals surface area contributed by atoms with E-state index in [-0.39, 0.29) is 18.5 Å². The Morgan fingerprint density at radius 1 is 0.375 bits per heavy atom. The van der Waals surface area contributed by atoms with E-state index in [1.54, 1.807) is 6.08 Å². The molecule has 0 aliphatic rings. The van der Waals surface area contributed by atoms with Gasteiger partial charge >= 0.3 is 5.97 Å². The van der Waals surface area contributed by atoms with E-state index in [1.165, 1.54) is 263 Å².